The molecule has 1 aliphatic carbocycles. The lowest BCUT2D eigenvalue weighted by Gasteiger charge is -2.13. The quantitative estimate of drug-likeness (QED) is 0.750. The van der Waals surface area contributed by atoms with E-state index >= 15 is 0 Å². The topological polar surface area (TPSA) is 9.23 Å². The Morgan fingerprint density at radius 2 is 2.13 bits per heavy atom. The van der Waals surface area contributed by atoms with Crippen molar-refractivity contribution < 1.29 is 9.13 Å². The van der Waals surface area contributed by atoms with Crippen LogP contribution in [0.4, 0.5) is 4.39 Å². The van der Waals surface area contributed by atoms with Gasteiger partial charge in [-0.25, -0.2) is 4.39 Å². The smallest absolute Gasteiger partial charge is 0.141 e. The summed E-state index contributed by atoms with van der Waals surface area (Å²) in [6.45, 7) is 0.666. The molecule has 1 saturated carbocycles. The standard InChI is InChI=1S/C11H11Br2FO/c12-6-11(3-4-11)7-15-8-1-2-9(13)10(14)5-8/h1-2,5H,3-4,6-7H2. The third-order valence-corrected chi connectivity index (χ3v) is 4.51. The Balaban J connectivity index is 1.96. The number of hydrogen-bond acceptors (Lipinski definition) is 1. The lowest BCUT2D eigenvalue weighted by Crippen LogP contribution is -2.14. The van der Waals surface area contributed by atoms with Crippen molar-refractivity contribution in [2.24, 2.45) is 5.41 Å². The molecule has 0 saturated heterocycles. The van der Waals surface area contributed by atoms with E-state index in [1.54, 1.807) is 12.1 Å². The van der Waals surface area contributed by atoms with Crippen LogP contribution in [0.15, 0.2) is 22.7 Å². The molecule has 0 heterocycles. The molecule has 1 nitrogen and oxygen atoms in total. The number of alkyl halides is 1. The van der Waals surface area contributed by atoms with E-state index in [-0.39, 0.29) is 5.82 Å². The van der Waals surface area contributed by atoms with Crippen molar-refractivity contribution in [1.82, 2.24) is 0 Å². The number of hydrogen-bond donors (Lipinski definition) is 0. The third-order valence-electron chi connectivity index (χ3n) is 2.68. The van der Waals surface area contributed by atoms with Crippen LogP contribution in [0, 0.1) is 11.2 Å². The highest BCUT2D eigenvalue weighted by atomic mass is 79.9. The van der Waals surface area contributed by atoms with Crippen LogP contribution in [0.5, 0.6) is 5.75 Å². The van der Waals surface area contributed by atoms with Crippen LogP contribution in [0.25, 0.3) is 0 Å². The molecule has 15 heavy (non-hydrogen) atoms. The minimum Gasteiger partial charge on any atom is -0.493 e. The highest BCUT2D eigenvalue weighted by Crippen LogP contribution is 2.47. The molecule has 1 aromatic rings. The largest absolute Gasteiger partial charge is 0.493 e. The second-order valence-electron chi connectivity index (χ2n) is 4.00. The fraction of sp³-hybridized carbons (Fsp3) is 0.455. The van der Waals surface area contributed by atoms with Gasteiger partial charge in [-0.3, -0.25) is 0 Å². The monoisotopic (exact) mass is 336 g/mol. The Hall–Kier alpha value is -0.0900. The highest BCUT2D eigenvalue weighted by molar-refractivity contribution is 9.10. The lowest BCUT2D eigenvalue weighted by atomic mass is 10.2. The molecule has 0 unspecified atom stereocenters. The molecule has 2 rings (SSSR count). The van der Waals surface area contributed by atoms with Crippen molar-refractivity contribution in [2.45, 2.75) is 12.8 Å². The zero-order valence-corrected chi connectivity index (χ0v) is 11.3. The Bertz CT molecular complexity index is 364. The van der Waals surface area contributed by atoms with Gasteiger partial charge < -0.3 is 4.74 Å². The Morgan fingerprint density at radius 3 is 2.67 bits per heavy atom. The van der Waals surface area contributed by atoms with E-state index in [9.17, 15) is 4.39 Å². The first-order valence-electron chi connectivity index (χ1n) is 4.79. The fourth-order valence-electron chi connectivity index (χ4n) is 1.30. The second kappa shape index (κ2) is 4.42. The van der Waals surface area contributed by atoms with E-state index in [2.05, 4.69) is 31.9 Å². The molecule has 1 aromatic carbocycles. The van der Waals surface area contributed by atoms with Gasteiger partial charge in [-0.1, -0.05) is 15.9 Å². The summed E-state index contributed by atoms with van der Waals surface area (Å²) >= 11 is 6.58. The van der Waals surface area contributed by atoms with Crippen LogP contribution in [-0.2, 0) is 0 Å². The van der Waals surface area contributed by atoms with Crippen LogP contribution in [0.1, 0.15) is 12.8 Å². The van der Waals surface area contributed by atoms with E-state index < -0.39 is 0 Å². The van der Waals surface area contributed by atoms with Gasteiger partial charge in [0.25, 0.3) is 0 Å². The summed E-state index contributed by atoms with van der Waals surface area (Å²) in [4.78, 5) is 0. The van der Waals surface area contributed by atoms with Gasteiger partial charge in [-0.15, -0.1) is 0 Å². The summed E-state index contributed by atoms with van der Waals surface area (Å²) in [6.07, 6.45) is 2.38. The summed E-state index contributed by atoms with van der Waals surface area (Å²) in [5.74, 6) is 0.319. The summed E-state index contributed by atoms with van der Waals surface area (Å²) in [7, 11) is 0. The van der Waals surface area contributed by atoms with Crippen molar-refractivity contribution >= 4 is 31.9 Å². The van der Waals surface area contributed by atoms with E-state index in [1.165, 1.54) is 18.9 Å². The number of rotatable bonds is 4. The molecule has 1 aliphatic rings. The minimum atomic E-state index is -0.281. The average Bonchev–Trinajstić information content (AvgIpc) is 3.01. The van der Waals surface area contributed by atoms with Gasteiger partial charge >= 0.3 is 0 Å². The van der Waals surface area contributed by atoms with Gasteiger partial charge in [0.2, 0.25) is 0 Å². The van der Waals surface area contributed by atoms with Crippen LogP contribution >= 0.6 is 31.9 Å². The Kier molecular flexibility index (Phi) is 3.36. The van der Waals surface area contributed by atoms with Crippen molar-refractivity contribution in [1.29, 1.82) is 0 Å². The normalized spacial score (nSPS) is 17.5. The molecule has 0 aliphatic heterocycles. The SMILES string of the molecule is Fc1cc(OCC2(CBr)CC2)ccc1Br. The average molecular weight is 338 g/mol. The molecule has 0 N–H and O–H groups in total. The molecule has 0 bridgehead atoms. The van der Waals surface area contributed by atoms with Gasteiger partial charge in [0.05, 0.1) is 11.1 Å². The number of benzene rings is 1. The first kappa shape index (κ1) is 11.4. The Morgan fingerprint density at radius 1 is 1.40 bits per heavy atom. The van der Waals surface area contributed by atoms with Gasteiger partial charge in [0.1, 0.15) is 11.6 Å². The van der Waals surface area contributed by atoms with Crippen LogP contribution in [0.3, 0.4) is 0 Å². The van der Waals surface area contributed by atoms with E-state index in [4.69, 9.17) is 4.74 Å². The maximum atomic E-state index is 13.2. The second-order valence-corrected chi connectivity index (χ2v) is 5.41. The zero-order valence-electron chi connectivity index (χ0n) is 8.10. The maximum Gasteiger partial charge on any atom is 0.141 e. The van der Waals surface area contributed by atoms with Crippen LogP contribution < -0.4 is 4.74 Å². The highest BCUT2D eigenvalue weighted by Gasteiger charge is 2.42. The molecule has 0 atom stereocenters. The number of halogens is 3. The minimum absolute atomic E-state index is 0.281. The first-order valence-corrected chi connectivity index (χ1v) is 6.70. The van der Waals surface area contributed by atoms with Gasteiger partial charge in [-0.2, -0.15) is 0 Å². The summed E-state index contributed by atoms with van der Waals surface area (Å²) in [6, 6.07) is 4.85. The molecular weight excluding hydrogens is 327 g/mol. The van der Waals surface area contributed by atoms with Crippen LogP contribution in [-0.4, -0.2) is 11.9 Å². The molecule has 0 radical (unpaired) electrons. The molecule has 1 fully saturated rings. The van der Waals surface area contributed by atoms with Gasteiger partial charge in [0, 0.05) is 16.8 Å². The Labute approximate surface area is 105 Å². The summed E-state index contributed by atoms with van der Waals surface area (Å²) in [5, 5.41) is 0.957. The molecule has 0 spiro atoms. The van der Waals surface area contributed by atoms with Crippen LogP contribution in [0.2, 0.25) is 0 Å². The molecular formula is C11H11Br2FO. The summed E-state index contributed by atoms with van der Waals surface area (Å²) < 4.78 is 19.2. The predicted octanol–water partition coefficient (Wildman–Crippen LogP) is 4.14. The third kappa shape index (κ3) is 2.72. The zero-order chi connectivity index (χ0) is 10.9. The predicted molar refractivity (Wildman–Crippen MR) is 65.1 cm³/mol. The van der Waals surface area contributed by atoms with Gasteiger partial charge in [-0.05, 0) is 40.9 Å². The van der Waals surface area contributed by atoms with Crippen molar-refractivity contribution in [3.8, 4) is 5.75 Å². The van der Waals surface area contributed by atoms with E-state index in [1.807, 2.05) is 0 Å². The van der Waals surface area contributed by atoms with Crippen molar-refractivity contribution in [2.75, 3.05) is 11.9 Å². The first-order chi connectivity index (χ1) is 7.15. The maximum absolute atomic E-state index is 13.2. The lowest BCUT2D eigenvalue weighted by molar-refractivity contribution is 0.250. The molecule has 4 heteroatoms. The number of ether oxygens (including phenoxy) is 1. The van der Waals surface area contributed by atoms with E-state index in [0.29, 0.717) is 22.2 Å². The van der Waals surface area contributed by atoms with E-state index in [0.717, 1.165) is 5.33 Å². The fourth-order valence-corrected chi connectivity index (χ4v) is 2.27. The molecule has 82 valence electrons. The summed E-state index contributed by atoms with van der Waals surface area (Å²) in [5.41, 5.74) is 0.295. The molecule has 0 amide bonds. The van der Waals surface area contributed by atoms with Gasteiger partial charge in [0.15, 0.2) is 0 Å². The van der Waals surface area contributed by atoms with Crippen molar-refractivity contribution in [3.63, 3.8) is 0 Å². The van der Waals surface area contributed by atoms with Crippen molar-refractivity contribution in [3.05, 3.63) is 28.5 Å². The molecule has 0 aromatic heterocycles.